The van der Waals surface area contributed by atoms with Gasteiger partial charge in [-0.25, -0.2) is 14.3 Å². The third-order valence-corrected chi connectivity index (χ3v) is 9.56. The zero-order valence-corrected chi connectivity index (χ0v) is 31.4. The summed E-state index contributed by atoms with van der Waals surface area (Å²) in [7, 11) is 1.66. The molecule has 2 aromatic rings. The number of alkyl carbamates (subject to hydrolysis) is 1. The van der Waals surface area contributed by atoms with Gasteiger partial charge in [0, 0.05) is 43.1 Å². The summed E-state index contributed by atoms with van der Waals surface area (Å²) in [5.74, 6) is -2.47. The average molecular weight is 770 g/mol. The van der Waals surface area contributed by atoms with Crippen molar-refractivity contribution < 1.29 is 43.0 Å². The first kappa shape index (κ1) is 39.3. The minimum Gasteiger partial charge on any atom is -0.444 e. The number of oxime groups is 1. The molecule has 3 amide bonds. The Bertz CT molecular complexity index is 1700. The maximum absolute atomic E-state index is 13.6. The predicted octanol–water partition coefficient (Wildman–Crippen LogP) is 0.816. The Morgan fingerprint density at radius 1 is 1.14 bits per heavy atom. The van der Waals surface area contributed by atoms with Gasteiger partial charge in [0.1, 0.15) is 29.3 Å². The van der Waals surface area contributed by atoms with Crippen LogP contribution in [0.4, 0.5) is 9.93 Å². The van der Waals surface area contributed by atoms with Crippen molar-refractivity contribution in [3.8, 4) is 0 Å². The number of fused-ring (bicyclic) bond motifs is 1. The number of nitrogens with zero attached hydrogens (tertiary/aromatic N) is 8. The van der Waals surface area contributed by atoms with Crippen LogP contribution in [-0.2, 0) is 45.3 Å². The van der Waals surface area contributed by atoms with E-state index in [1.807, 2.05) is 0 Å². The first-order valence-electron chi connectivity index (χ1n) is 15.4. The standard InChI is InChI=1S/C28H39N11O9S3/c1-27(2,3)23(43)46-13-45-22(42)17-14(12-50-25-33-36-37-38(25)7)11-49-21-16(20(41)39(17)21)31-19(40)15(18-32-24(29)51-35-18)34-47-10-8-9-30-26(44)48-28(4,5)6/h16,21H,8-13H2,1-7H3,(H,30,44)(H,31,40)(H2,29,32,35)/b34-15+/t16?,21-/m1/s1. The largest absolute Gasteiger partial charge is 0.444 e. The second-order valence-electron chi connectivity index (χ2n) is 12.9. The minimum absolute atomic E-state index is 0.00727. The lowest BCUT2D eigenvalue weighted by Crippen LogP contribution is -2.71. The maximum Gasteiger partial charge on any atom is 0.407 e. The second kappa shape index (κ2) is 16.7. The highest BCUT2D eigenvalue weighted by Gasteiger charge is 2.55. The van der Waals surface area contributed by atoms with Crippen LogP contribution in [0.3, 0.4) is 0 Å². The van der Waals surface area contributed by atoms with Crippen molar-refractivity contribution in [3.05, 3.63) is 17.1 Å². The van der Waals surface area contributed by atoms with E-state index in [1.54, 1.807) is 48.6 Å². The van der Waals surface area contributed by atoms with Gasteiger partial charge in [0.15, 0.2) is 5.13 Å². The molecule has 2 atom stereocenters. The van der Waals surface area contributed by atoms with Gasteiger partial charge in [-0.15, -0.1) is 16.9 Å². The number of nitrogens with one attached hydrogen (secondary N) is 2. The number of aryl methyl sites for hydroxylation is 1. The second-order valence-corrected chi connectivity index (χ2v) is 15.8. The van der Waals surface area contributed by atoms with Crippen molar-refractivity contribution in [2.24, 2.45) is 17.6 Å². The van der Waals surface area contributed by atoms with Crippen LogP contribution < -0.4 is 16.4 Å². The highest BCUT2D eigenvalue weighted by atomic mass is 32.2. The lowest BCUT2D eigenvalue weighted by molar-refractivity contribution is -0.173. The number of ether oxygens (including phenoxy) is 3. The fourth-order valence-electron chi connectivity index (χ4n) is 4.18. The third-order valence-electron chi connectivity index (χ3n) is 6.58. The van der Waals surface area contributed by atoms with Gasteiger partial charge in [-0.3, -0.25) is 19.3 Å². The lowest BCUT2D eigenvalue weighted by Gasteiger charge is -2.49. The molecule has 2 aliphatic rings. The molecule has 278 valence electrons. The molecule has 2 aromatic heterocycles. The van der Waals surface area contributed by atoms with Gasteiger partial charge >= 0.3 is 18.0 Å². The van der Waals surface area contributed by atoms with Crippen molar-refractivity contribution in [1.29, 1.82) is 0 Å². The van der Waals surface area contributed by atoms with E-state index < -0.39 is 59.1 Å². The number of nitrogens with two attached hydrogens (primary N) is 1. The molecule has 1 saturated heterocycles. The number of carbonyl (C=O) groups is 5. The maximum atomic E-state index is 13.6. The van der Waals surface area contributed by atoms with E-state index in [-0.39, 0.29) is 47.0 Å². The Labute approximate surface area is 305 Å². The molecule has 23 heteroatoms. The highest BCUT2D eigenvalue weighted by Crippen LogP contribution is 2.42. The Balaban J connectivity index is 1.44. The van der Waals surface area contributed by atoms with Crippen LogP contribution in [0.5, 0.6) is 0 Å². The molecule has 20 nitrogen and oxygen atoms in total. The number of hydrogen-bond donors (Lipinski definition) is 3. The summed E-state index contributed by atoms with van der Waals surface area (Å²) in [5, 5.41) is 20.4. The molecule has 4 N–H and O–H groups in total. The van der Waals surface area contributed by atoms with Crippen molar-refractivity contribution >= 4 is 75.7 Å². The van der Waals surface area contributed by atoms with Crippen LogP contribution in [0.2, 0.25) is 0 Å². The number of tetrazole rings is 1. The van der Waals surface area contributed by atoms with Gasteiger partial charge in [-0.2, -0.15) is 9.36 Å². The molecule has 0 radical (unpaired) electrons. The van der Waals surface area contributed by atoms with E-state index in [9.17, 15) is 24.0 Å². The zero-order valence-electron chi connectivity index (χ0n) is 29.0. The summed E-state index contributed by atoms with van der Waals surface area (Å²) in [5.41, 5.74) is 4.45. The van der Waals surface area contributed by atoms with Crippen molar-refractivity contribution in [3.63, 3.8) is 0 Å². The molecule has 0 saturated carbocycles. The number of aromatic nitrogens is 6. The summed E-state index contributed by atoms with van der Waals surface area (Å²) < 4.78 is 21.1. The zero-order chi connectivity index (χ0) is 37.5. The fraction of sp³-hybridized carbons (Fsp3) is 0.607. The van der Waals surface area contributed by atoms with Gasteiger partial charge < -0.3 is 35.4 Å². The van der Waals surface area contributed by atoms with E-state index in [0.29, 0.717) is 17.2 Å². The number of esters is 2. The molecule has 0 aromatic carbocycles. The molecule has 4 rings (SSSR count). The number of nitrogen functional groups attached to an aromatic ring is 1. The number of thioether (sulfide) groups is 2. The molecular weight excluding hydrogens is 731 g/mol. The summed E-state index contributed by atoms with van der Waals surface area (Å²) in [6.45, 7) is 9.76. The third kappa shape index (κ3) is 10.5. The normalized spacial score (nSPS) is 17.7. The number of rotatable bonds is 14. The van der Waals surface area contributed by atoms with Crippen LogP contribution in [0, 0.1) is 5.41 Å². The van der Waals surface area contributed by atoms with Crippen LogP contribution in [-0.4, -0.2) is 118 Å². The smallest absolute Gasteiger partial charge is 0.407 e. The van der Waals surface area contributed by atoms with E-state index in [0.717, 1.165) is 11.5 Å². The summed E-state index contributed by atoms with van der Waals surface area (Å²) >= 11 is 3.40. The van der Waals surface area contributed by atoms with Gasteiger partial charge in [-0.05, 0) is 57.5 Å². The first-order valence-corrected chi connectivity index (χ1v) is 18.2. The monoisotopic (exact) mass is 769 g/mol. The molecule has 1 unspecified atom stereocenters. The Morgan fingerprint density at radius 2 is 1.88 bits per heavy atom. The van der Waals surface area contributed by atoms with Gasteiger partial charge in [0.2, 0.25) is 23.5 Å². The topological polar surface area (TPSA) is 257 Å². The summed E-state index contributed by atoms with van der Waals surface area (Å²) in [6.07, 6.45) is -0.259. The molecule has 0 aliphatic carbocycles. The van der Waals surface area contributed by atoms with E-state index in [1.165, 1.54) is 33.1 Å². The average Bonchev–Trinajstić information content (AvgIpc) is 3.67. The molecule has 0 spiro atoms. The van der Waals surface area contributed by atoms with E-state index in [4.69, 9.17) is 24.8 Å². The van der Waals surface area contributed by atoms with Crippen LogP contribution in [0.15, 0.2) is 21.6 Å². The van der Waals surface area contributed by atoms with E-state index in [2.05, 4.69) is 40.7 Å². The van der Waals surface area contributed by atoms with Crippen LogP contribution >= 0.6 is 35.1 Å². The predicted molar refractivity (Wildman–Crippen MR) is 184 cm³/mol. The van der Waals surface area contributed by atoms with Crippen LogP contribution in [0.25, 0.3) is 0 Å². The Hall–Kier alpha value is -4.51. The van der Waals surface area contributed by atoms with Crippen LogP contribution in [0.1, 0.15) is 53.8 Å². The summed E-state index contributed by atoms with van der Waals surface area (Å²) in [6, 6.07) is -1.07. The molecule has 1 fully saturated rings. The summed E-state index contributed by atoms with van der Waals surface area (Å²) in [4.78, 5) is 75.1. The highest BCUT2D eigenvalue weighted by molar-refractivity contribution is 8.01. The number of carbonyl (C=O) groups excluding carboxylic acids is 5. The van der Waals surface area contributed by atoms with Crippen molar-refractivity contribution in [2.75, 3.05) is 37.2 Å². The number of anilines is 1. The minimum atomic E-state index is -1.07. The van der Waals surface area contributed by atoms with Crippen molar-refractivity contribution in [2.45, 2.75) is 70.1 Å². The Morgan fingerprint density at radius 3 is 2.51 bits per heavy atom. The molecule has 4 heterocycles. The Kier molecular flexibility index (Phi) is 12.8. The molecule has 2 aliphatic heterocycles. The quantitative estimate of drug-likeness (QED) is 0.0457. The molecule has 51 heavy (non-hydrogen) atoms. The SMILES string of the molecule is Cn1nnnc1SCC1=C(C(=O)OCOC(=O)C(C)(C)C)N2C(=O)C(NC(=O)/C(=N/OCCCNC(=O)OC(C)(C)C)c3nsc(N)n3)[C@H]2SC1. The van der Waals surface area contributed by atoms with Gasteiger partial charge in [0.05, 0.1) is 5.41 Å². The van der Waals surface area contributed by atoms with Crippen molar-refractivity contribution in [1.82, 2.24) is 45.1 Å². The lowest BCUT2D eigenvalue weighted by atomic mass is 9.98. The van der Waals surface area contributed by atoms with Gasteiger partial charge in [-0.1, -0.05) is 16.9 Å². The molecular formula is C28H39N11O9S3. The first-order chi connectivity index (χ1) is 24.0. The van der Waals surface area contributed by atoms with E-state index >= 15 is 0 Å². The number of β-lactam (4-membered cyclic amide) rings is 1. The fourth-order valence-corrected chi connectivity index (χ4v) is 6.95. The van der Waals surface area contributed by atoms with Gasteiger partial charge in [0.25, 0.3) is 11.8 Å². The molecule has 0 bridgehead atoms. The number of amides is 3. The number of hydrogen-bond acceptors (Lipinski definition) is 19.